The number of pyridine rings is 1. The molecule has 0 aromatic carbocycles. The maximum absolute atomic E-state index is 11.3. The lowest BCUT2D eigenvalue weighted by Crippen LogP contribution is -2.12. The zero-order valence-corrected chi connectivity index (χ0v) is 9.39. The summed E-state index contributed by atoms with van der Waals surface area (Å²) in [6.07, 6.45) is 1.46. The maximum atomic E-state index is 11.3. The highest BCUT2D eigenvalue weighted by Gasteiger charge is 2.17. The average molecular weight is 223 g/mol. The van der Waals surface area contributed by atoms with Gasteiger partial charge in [-0.1, -0.05) is 0 Å². The average Bonchev–Trinajstić information content (AvgIpc) is 2.36. The topological polar surface area (TPSA) is 65.5 Å². The van der Waals surface area contributed by atoms with Crippen molar-refractivity contribution in [2.45, 2.75) is 12.8 Å². The predicted molar refractivity (Wildman–Crippen MR) is 56.0 cm³/mol. The summed E-state index contributed by atoms with van der Waals surface area (Å²) in [7, 11) is 2.60. The highest BCUT2D eigenvalue weighted by atomic mass is 16.5. The fourth-order valence-corrected chi connectivity index (χ4v) is 1.25. The first kappa shape index (κ1) is 12.2. The fourth-order valence-electron chi connectivity index (χ4n) is 1.25. The van der Waals surface area contributed by atoms with Crippen LogP contribution in [0.1, 0.15) is 28.9 Å². The lowest BCUT2D eigenvalue weighted by molar-refractivity contribution is -0.142. The number of nitrogens with zero attached hydrogens (tertiary/aromatic N) is 1. The number of esters is 2. The van der Waals surface area contributed by atoms with Crippen LogP contribution in [-0.4, -0.2) is 31.1 Å². The van der Waals surface area contributed by atoms with Gasteiger partial charge in [0.2, 0.25) is 0 Å². The number of carbonyl (C=O) groups excluding carboxylic acids is 2. The Bertz CT molecular complexity index is 403. The Morgan fingerprint density at radius 2 is 2.00 bits per heavy atom. The van der Waals surface area contributed by atoms with E-state index in [2.05, 4.69) is 14.5 Å². The molecule has 1 atom stereocenters. The van der Waals surface area contributed by atoms with E-state index in [4.69, 9.17) is 0 Å². The minimum Gasteiger partial charge on any atom is -0.469 e. The van der Waals surface area contributed by atoms with Crippen molar-refractivity contribution >= 4 is 11.9 Å². The molecule has 0 aliphatic carbocycles. The maximum Gasteiger partial charge on any atom is 0.356 e. The van der Waals surface area contributed by atoms with Crippen LogP contribution in [0.15, 0.2) is 18.3 Å². The highest BCUT2D eigenvalue weighted by molar-refractivity contribution is 5.87. The molecule has 0 spiro atoms. The first-order chi connectivity index (χ1) is 7.60. The van der Waals surface area contributed by atoms with Crippen LogP contribution in [0.4, 0.5) is 0 Å². The van der Waals surface area contributed by atoms with E-state index in [-0.39, 0.29) is 11.7 Å². The highest BCUT2D eigenvalue weighted by Crippen LogP contribution is 2.16. The molecule has 1 aromatic heterocycles. The summed E-state index contributed by atoms with van der Waals surface area (Å²) in [6.45, 7) is 1.70. The first-order valence-corrected chi connectivity index (χ1v) is 4.72. The van der Waals surface area contributed by atoms with E-state index in [1.165, 1.54) is 26.5 Å². The van der Waals surface area contributed by atoms with Gasteiger partial charge in [0.25, 0.3) is 0 Å². The van der Waals surface area contributed by atoms with Gasteiger partial charge in [-0.3, -0.25) is 4.79 Å². The molecule has 0 saturated heterocycles. The third-order valence-electron chi connectivity index (χ3n) is 2.23. The quantitative estimate of drug-likeness (QED) is 0.719. The Morgan fingerprint density at radius 3 is 2.56 bits per heavy atom. The van der Waals surface area contributed by atoms with E-state index >= 15 is 0 Å². The summed E-state index contributed by atoms with van der Waals surface area (Å²) in [5, 5.41) is 0. The van der Waals surface area contributed by atoms with Gasteiger partial charge in [-0.15, -0.1) is 0 Å². The van der Waals surface area contributed by atoms with Crippen molar-refractivity contribution in [3.05, 3.63) is 29.6 Å². The zero-order valence-electron chi connectivity index (χ0n) is 9.39. The third kappa shape index (κ3) is 2.56. The summed E-state index contributed by atoms with van der Waals surface area (Å²) in [5.41, 5.74) is 0.845. The molecule has 5 heteroatoms. The van der Waals surface area contributed by atoms with Gasteiger partial charge in [0.1, 0.15) is 5.69 Å². The fraction of sp³-hybridized carbons (Fsp3) is 0.364. The SMILES string of the molecule is COC(=O)c1cc(C(C)C(=O)OC)ccn1. The summed E-state index contributed by atoms with van der Waals surface area (Å²) in [5.74, 6) is -1.32. The van der Waals surface area contributed by atoms with Crippen molar-refractivity contribution < 1.29 is 19.1 Å². The van der Waals surface area contributed by atoms with Gasteiger partial charge in [0.15, 0.2) is 0 Å². The molecule has 0 aliphatic rings. The number of hydrogen-bond acceptors (Lipinski definition) is 5. The van der Waals surface area contributed by atoms with Gasteiger partial charge in [0.05, 0.1) is 20.1 Å². The first-order valence-electron chi connectivity index (χ1n) is 4.72. The Kier molecular flexibility index (Phi) is 3.99. The molecular formula is C11H13NO4. The van der Waals surface area contributed by atoms with Crippen LogP contribution >= 0.6 is 0 Å². The molecule has 5 nitrogen and oxygen atoms in total. The molecule has 1 rings (SSSR count). The van der Waals surface area contributed by atoms with Crippen molar-refractivity contribution in [1.82, 2.24) is 4.98 Å². The molecule has 0 saturated carbocycles. The number of rotatable bonds is 3. The Hall–Kier alpha value is -1.91. The molecule has 1 heterocycles. The molecular weight excluding hydrogens is 210 g/mol. The standard InChI is InChI=1S/C11H13NO4/c1-7(10(13)15-2)8-4-5-12-9(6-8)11(14)16-3/h4-7H,1-3H3. The van der Waals surface area contributed by atoms with Crippen molar-refractivity contribution in [3.63, 3.8) is 0 Å². The van der Waals surface area contributed by atoms with E-state index < -0.39 is 11.9 Å². The number of ether oxygens (including phenoxy) is 2. The van der Waals surface area contributed by atoms with Crippen molar-refractivity contribution in [1.29, 1.82) is 0 Å². The normalized spacial score (nSPS) is 11.7. The summed E-state index contributed by atoms with van der Waals surface area (Å²) < 4.78 is 9.16. The van der Waals surface area contributed by atoms with Gasteiger partial charge >= 0.3 is 11.9 Å². The van der Waals surface area contributed by atoms with Gasteiger partial charge in [0, 0.05) is 6.20 Å². The molecule has 16 heavy (non-hydrogen) atoms. The van der Waals surface area contributed by atoms with Crippen LogP contribution in [0, 0.1) is 0 Å². The molecule has 0 radical (unpaired) electrons. The third-order valence-corrected chi connectivity index (χ3v) is 2.23. The van der Waals surface area contributed by atoms with E-state index in [9.17, 15) is 9.59 Å². The minimum absolute atomic E-state index is 0.177. The second kappa shape index (κ2) is 5.25. The van der Waals surface area contributed by atoms with E-state index in [1.807, 2.05) is 0 Å². The van der Waals surface area contributed by atoms with Crippen LogP contribution in [0.2, 0.25) is 0 Å². The van der Waals surface area contributed by atoms with Gasteiger partial charge < -0.3 is 9.47 Å². The molecule has 1 unspecified atom stereocenters. The number of aromatic nitrogens is 1. The molecule has 0 bridgehead atoms. The van der Waals surface area contributed by atoms with E-state index in [0.717, 1.165) is 0 Å². The number of methoxy groups -OCH3 is 2. The van der Waals surface area contributed by atoms with Crippen molar-refractivity contribution in [3.8, 4) is 0 Å². The number of carbonyl (C=O) groups is 2. The predicted octanol–water partition coefficient (Wildman–Crippen LogP) is 1.14. The molecule has 0 fully saturated rings. The lowest BCUT2D eigenvalue weighted by Gasteiger charge is -2.09. The molecule has 1 aromatic rings. The summed E-state index contributed by atoms with van der Waals surface area (Å²) >= 11 is 0. The summed E-state index contributed by atoms with van der Waals surface area (Å²) in [6, 6.07) is 3.18. The Balaban J connectivity index is 2.98. The van der Waals surface area contributed by atoms with Gasteiger partial charge in [-0.05, 0) is 24.6 Å². The van der Waals surface area contributed by atoms with Crippen molar-refractivity contribution in [2.75, 3.05) is 14.2 Å². The molecule has 0 amide bonds. The van der Waals surface area contributed by atoms with Crippen LogP contribution in [0.5, 0.6) is 0 Å². The lowest BCUT2D eigenvalue weighted by atomic mass is 10.0. The molecule has 0 aliphatic heterocycles. The van der Waals surface area contributed by atoms with Gasteiger partial charge in [-0.2, -0.15) is 0 Å². The van der Waals surface area contributed by atoms with Gasteiger partial charge in [-0.25, -0.2) is 9.78 Å². The number of hydrogen-bond donors (Lipinski definition) is 0. The zero-order chi connectivity index (χ0) is 12.1. The minimum atomic E-state index is -0.529. The van der Waals surface area contributed by atoms with Crippen LogP contribution < -0.4 is 0 Å². The molecule has 0 N–H and O–H groups in total. The van der Waals surface area contributed by atoms with E-state index in [0.29, 0.717) is 5.56 Å². The largest absolute Gasteiger partial charge is 0.469 e. The Labute approximate surface area is 93.4 Å². The summed E-state index contributed by atoms with van der Waals surface area (Å²) in [4.78, 5) is 26.4. The smallest absolute Gasteiger partial charge is 0.356 e. The Morgan fingerprint density at radius 1 is 1.31 bits per heavy atom. The molecule has 86 valence electrons. The monoisotopic (exact) mass is 223 g/mol. The van der Waals surface area contributed by atoms with Crippen LogP contribution in [0.3, 0.4) is 0 Å². The van der Waals surface area contributed by atoms with Crippen LogP contribution in [-0.2, 0) is 14.3 Å². The van der Waals surface area contributed by atoms with Crippen LogP contribution in [0.25, 0.3) is 0 Å². The van der Waals surface area contributed by atoms with E-state index in [1.54, 1.807) is 13.0 Å². The second-order valence-corrected chi connectivity index (χ2v) is 3.21. The van der Waals surface area contributed by atoms with Crippen molar-refractivity contribution in [2.24, 2.45) is 0 Å². The second-order valence-electron chi connectivity index (χ2n) is 3.21.